The standard InChI is InChI=1S/C23H40N6.HI/c1-20(2)28-14-10-21(11-15-28)26-23(24-3)25-12-7-13-27-16-18-29(19-17-27)22-8-5-4-6-9-22;/h4-6,8-9,20-21H,7,10-19H2,1-3H3,(H2,24,25,26);1H. The highest BCUT2D eigenvalue weighted by atomic mass is 127. The molecule has 6 nitrogen and oxygen atoms in total. The summed E-state index contributed by atoms with van der Waals surface area (Å²) in [5.41, 5.74) is 1.35. The zero-order chi connectivity index (χ0) is 20.5. The van der Waals surface area contributed by atoms with Gasteiger partial charge in [-0.15, -0.1) is 24.0 Å². The van der Waals surface area contributed by atoms with Gasteiger partial charge in [0.05, 0.1) is 0 Å². The van der Waals surface area contributed by atoms with E-state index in [1.165, 1.54) is 31.6 Å². The number of piperazine rings is 1. The van der Waals surface area contributed by atoms with Gasteiger partial charge in [0.15, 0.2) is 5.96 Å². The number of hydrogen-bond donors (Lipinski definition) is 2. The van der Waals surface area contributed by atoms with Gasteiger partial charge >= 0.3 is 0 Å². The van der Waals surface area contributed by atoms with Crippen molar-refractivity contribution in [3.8, 4) is 0 Å². The number of benzene rings is 1. The smallest absolute Gasteiger partial charge is 0.191 e. The normalized spacial score (nSPS) is 19.6. The van der Waals surface area contributed by atoms with Crippen molar-refractivity contribution in [1.29, 1.82) is 0 Å². The van der Waals surface area contributed by atoms with Gasteiger partial charge in [-0.3, -0.25) is 9.89 Å². The second-order valence-corrected chi connectivity index (χ2v) is 8.57. The molecule has 1 aromatic carbocycles. The van der Waals surface area contributed by atoms with E-state index in [1.807, 2.05) is 7.05 Å². The Balaban J connectivity index is 0.00000320. The maximum absolute atomic E-state index is 4.42. The summed E-state index contributed by atoms with van der Waals surface area (Å²) in [6.07, 6.45) is 3.55. The summed E-state index contributed by atoms with van der Waals surface area (Å²) in [5, 5.41) is 7.13. The van der Waals surface area contributed by atoms with E-state index in [2.05, 4.69) is 74.5 Å². The second kappa shape index (κ2) is 13.4. The fraction of sp³-hybridized carbons (Fsp3) is 0.696. The van der Waals surface area contributed by atoms with Crippen LogP contribution in [0.25, 0.3) is 0 Å². The molecule has 0 bridgehead atoms. The first kappa shape index (κ1) is 25.2. The number of rotatable bonds is 7. The molecule has 3 rings (SSSR count). The van der Waals surface area contributed by atoms with Crippen molar-refractivity contribution in [3.63, 3.8) is 0 Å². The molecule has 0 unspecified atom stereocenters. The summed E-state index contributed by atoms with van der Waals surface area (Å²) in [5.74, 6) is 0.960. The topological polar surface area (TPSA) is 46.1 Å². The van der Waals surface area contributed by atoms with Crippen molar-refractivity contribution in [2.75, 3.05) is 64.3 Å². The molecule has 2 heterocycles. The van der Waals surface area contributed by atoms with Gasteiger partial charge in [-0.25, -0.2) is 0 Å². The molecule has 2 aliphatic rings. The van der Waals surface area contributed by atoms with E-state index in [9.17, 15) is 0 Å². The van der Waals surface area contributed by atoms with E-state index in [0.29, 0.717) is 12.1 Å². The van der Waals surface area contributed by atoms with E-state index in [0.717, 1.165) is 51.6 Å². The summed E-state index contributed by atoms with van der Waals surface area (Å²) >= 11 is 0. The van der Waals surface area contributed by atoms with Crippen LogP contribution >= 0.6 is 24.0 Å². The largest absolute Gasteiger partial charge is 0.369 e. The molecule has 0 aliphatic carbocycles. The highest BCUT2D eigenvalue weighted by Crippen LogP contribution is 2.15. The van der Waals surface area contributed by atoms with Crippen LogP contribution in [0.1, 0.15) is 33.1 Å². The van der Waals surface area contributed by atoms with Gasteiger partial charge in [-0.1, -0.05) is 18.2 Å². The first-order valence-corrected chi connectivity index (χ1v) is 11.4. The molecule has 1 aromatic rings. The second-order valence-electron chi connectivity index (χ2n) is 8.57. The molecule has 0 saturated carbocycles. The van der Waals surface area contributed by atoms with Crippen LogP contribution in [0, 0.1) is 0 Å². The number of likely N-dealkylation sites (tertiary alicyclic amines) is 1. The average Bonchev–Trinajstić information content (AvgIpc) is 2.77. The van der Waals surface area contributed by atoms with Gasteiger partial charge in [0, 0.05) is 70.6 Å². The number of nitrogens with one attached hydrogen (secondary N) is 2. The molecule has 170 valence electrons. The molecule has 2 fully saturated rings. The number of para-hydroxylation sites is 1. The molecule has 0 radical (unpaired) electrons. The SMILES string of the molecule is CN=C(NCCCN1CCN(c2ccccc2)CC1)NC1CCN(C(C)C)CC1.I. The average molecular weight is 529 g/mol. The van der Waals surface area contributed by atoms with Crippen LogP contribution in [0.4, 0.5) is 5.69 Å². The predicted molar refractivity (Wildman–Crippen MR) is 139 cm³/mol. The van der Waals surface area contributed by atoms with Gasteiger partial charge in [-0.05, 0) is 51.8 Å². The lowest BCUT2D eigenvalue weighted by molar-refractivity contribution is 0.167. The molecule has 7 heteroatoms. The Morgan fingerprint density at radius 3 is 2.30 bits per heavy atom. The number of anilines is 1. The molecule has 30 heavy (non-hydrogen) atoms. The zero-order valence-electron chi connectivity index (χ0n) is 19.0. The maximum Gasteiger partial charge on any atom is 0.191 e. The number of guanidine groups is 1. The Morgan fingerprint density at radius 1 is 1.03 bits per heavy atom. The summed E-state index contributed by atoms with van der Waals surface area (Å²) in [7, 11) is 1.88. The summed E-state index contributed by atoms with van der Waals surface area (Å²) < 4.78 is 0. The monoisotopic (exact) mass is 528 g/mol. The Morgan fingerprint density at radius 2 is 1.70 bits per heavy atom. The predicted octanol–water partition coefficient (Wildman–Crippen LogP) is 2.85. The molecule has 2 aliphatic heterocycles. The van der Waals surface area contributed by atoms with Crippen molar-refractivity contribution < 1.29 is 0 Å². The minimum atomic E-state index is 0. The first-order chi connectivity index (χ1) is 14.2. The summed E-state index contributed by atoms with van der Waals surface area (Å²) in [4.78, 5) is 12.1. The van der Waals surface area contributed by atoms with E-state index in [1.54, 1.807) is 0 Å². The number of piperidine rings is 1. The van der Waals surface area contributed by atoms with E-state index in [4.69, 9.17) is 0 Å². The highest BCUT2D eigenvalue weighted by molar-refractivity contribution is 14.0. The minimum absolute atomic E-state index is 0. The number of nitrogens with zero attached hydrogens (tertiary/aromatic N) is 4. The Kier molecular flexibility index (Phi) is 11.2. The minimum Gasteiger partial charge on any atom is -0.369 e. The van der Waals surface area contributed by atoms with Crippen LogP contribution in [0.15, 0.2) is 35.3 Å². The Labute approximate surface area is 200 Å². The molecular weight excluding hydrogens is 487 g/mol. The van der Waals surface area contributed by atoms with Crippen LogP contribution in [-0.2, 0) is 0 Å². The zero-order valence-corrected chi connectivity index (χ0v) is 21.3. The number of halogens is 1. The van der Waals surface area contributed by atoms with Crippen LogP contribution in [-0.4, -0.2) is 87.2 Å². The van der Waals surface area contributed by atoms with Gasteiger partial charge in [0.1, 0.15) is 0 Å². The van der Waals surface area contributed by atoms with Crippen molar-refractivity contribution in [2.45, 2.75) is 45.2 Å². The third-order valence-corrected chi connectivity index (χ3v) is 6.26. The molecule has 2 saturated heterocycles. The molecule has 2 N–H and O–H groups in total. The van der Waals surface area contributed by atoms with Gasteiger partial charge < -0.3 is 20.4 Å². The molecule has 0 atom stereocenters. The Bertz CT molecular complexity index is 607. The number of hydrogen-bond acceptors (Lipinski definition) is 4. The lowest BCUT2D eigenvalue weighted by atomic mass is 10.0. The highest BCUT2D eigenvalue weighted by Gasteiger charge is 2.21. The lowest BCUT2D eigenvalue weighted by Gasteiger charge is -2.36. The van der Waals surface area contributed by atoms with Crippen molar-refractivity contribution in [1.82, 2.24) is 20.4 Å². The van der Waals surface area contributed by atoms with Crippen LogP contribution < -0.4 is 15.5 Å². The van der Waals surface area contributed by atoms with Crippen LogP contribution in [0.2, 0.25) is 0 Å². The fourth-order valence-corrected chi connectivity index (χ4v) is 4.33. The molecule has 0 spiro atoms. The quantitative estimate of drug-likeness (QED) is 0.247. The van der Waals surface area contributed by atoms with Crippen molar-refractivity contribution in [3.05, 3.63) is 30.3 Å². The van der Waals surface area contributed by atoms with E-state index >= 15 is 0 Å². The van der Waals surface area contributed by atoms with E-state index in [-0.39, 0.29) is 24.0 Å². The van der Waals surface area contributed by atoms with Gasteiger partial charge in [0.2, 0.25) is 0 Å². The van der Waals surface area contributed by atoms with Crippen molar-refractivity contribution >= 4 is 35.6 Å². The summed E-state index contributed by atoms with van der Waals surface area (Å²) in [6.45, 7) is 13.6. The third kappa shape index (κ3) is 7.89. The van der Waals surface area contributed by atoms with Crippen LogP contribution in [0.3, 0.4) is 0 Å². The van der Waals surface area contributed by atoms with Crippen molar-refractivity contribution in [2.24, 2.45) is 4.99 Å². The van der Waals surface area contributed by atoms with Gasteiger partial charge in [-0.2, -0.15) is 0 Å². The molecule has 0 amide bonds. The summed E-state index contributed by atoms with van der Waals surface area (Å²) in [6, 6.07) is 12.0. The van der Waals surface area contributed by atoms with E-state index < -0.39 is 0 Å². The first-order valence-electron chi connectivity index (χ1n) is 11.4. The van der Waals surface area contributed by atoms with Crippen LogP contribution in [0.5, 0.6) is 0 Å². The third-order valence-electron chi connectivity index (χ3n) is 6.26. The maximum atomic E-state index is 4.42. The van der Waals surface area contributed by atoms with Gasteiger partial charge in [0.25, 0.3) is 0 Å². The molecule has 0 aromatic heterocycles. The molecular formula is C23H41IN6. The fourth-order valence-electron chi connectivity index (χ4n) is 4.33. The lowest BCUT2D eigenvalue weighted by Crippen LogP contribution is -2.50. The Hall–Kier alpha value is -1.06. The number of aliphatic imine (C=N–C) groups is 1.